The summed E-state index contributed by atoms with van der Waals surface area (Å²) in [5, 5.41) is 12.1. The lowest BCUT2D eigenvalue weighted by Gasteiger charge is -2.16. The van der Waals surface area contributed by atoms with E-state index >= 15 is 0 Å². The highest BCUT2D eigenvalue weighted by atomic mass is 14.9. The maximum atomic E-state index is 5.41. The molecule has 15 aromatic carbocycles. The molecule has 0 saturated heterocycles. The average Bonchev–Trinajstić information content (AvgIpc) is 0.772. The Labute approximate surface area is 842 Å². The largest absolute Gasteiger partial charge is 0.256 e. The van der Waals surface area contributed by atoms with Crippen LogP contribution in [0.2, 0.25) is 0 Å². The summed E-state index contributed by atoms with van der Waals surface area (Å²) in [7, 11) is 0. The van der Waals surface area contributed by atoms with Crippen LogP contribution in [0.5, 0.6) is 0 Å². The van der Waals surface area contributed by atoms with E-state index in [0.717, 1.165) is 261 Å². The first kappa shape index (κ1) is 87.6. The van der Waals surface area contributed by atoms with Crippen molar-refractivity contribution in [2.75, 3.05) is 0 Å². The summed E-state index contributed by atoms with van der Waals surface area (Å²) in [6, 6.07) is 167. The topological polar surface area (TPSA) is 168 Å². The zero-order chi connectivity index (χ0) is 97.0. The van der Waals surface area contributed by atoms with Gasteiger partial charge in [0.1, 0.15) is 0 Å². The fourth-order valence-electron chi connectivity index (χ4n) is 20.0. The molecule has 0 unspecified atom stereocenters. The van der Waals surface area contributed by atoms with E-state index in [-0.39, 0.29) is 0 Å². The number of nitrogens with zero attached hydrogens (tertiary/aromatic N) is 13. The Bertz CT molecular complexity index is 9040. The van der Waals surface area contributed by atoms with Gasteiger partial charge in [0.05, 0.1) is 107 Å². The summed E-state index contributed by atoms with van der Waals surface area (Å²) >= 11 is 0. The van der Waals surface area contributed by atoms with Crippen LogP contribution in [0.3, 0.4) is 0 Å². The van der Waals surface area contributed by atoms with Gasteiger partial charge < -0.3 is 0 Å². The standard InChI is InChI=1S/C46H30N4.C45H29N5.C42H26N4/c1-4-14-32(15-5-1)41-30-42(49-46(48-41)35-18-8-3-9-19-35)33-27-25-31(26-28-33)36-20-12-23-39-43-37(40-24-10-11-29-47-40)21-13-22-38(43)44(50-45(36)39)34-16-6-2-7-17-34;1-2-12-32(13-3-1)44-36-16-11-15-35(38-18-4-7-25-46-38)43(36)37-17-10-14-34(45(37)50-44)31-23-21-30(22-24-31)33-28-41(39-19-5-8-26-47-39)49-42(29-33)40-20-6-9-27-48-40;1-3-11-27(12-4-1)35-24-22-29-20-21-30-23-25-37(45-41(30)40(29)44-35)32-16-10-18-34-38-31(36-19-7-8-26-43-36)15-9-17-33(38)39(46-42(32)34)28-13-5-2-6-14-28/h1-30H;1-29H;1-26H. The van der Waals surface area contributed by atoms with E-state index in [0.29, 0.717) is 5.82 Å². The van der Waals surface area contributed by atoms with Gasteiger partial charge in [-0.3, -0.25) is 24.9 Å². The number of fused-ring (bicyclic) bond motifs is 12. The third-order valence-corrected chi connectivity index (χ3v) is 26.9. The Morgan fingerprint density at radius 2 is 0.411 bits per heavy atom. The first-order chi connectivity index (χ1) is 72.4. The molecule has 0 bridgehead atoms. The van der Waals surface area contributed by atoms with Gasteiger partial charge in [-0.1, -0.05) is 394 Å². The smallest absolute Gasteiger partial charge is 0.160 e. The Balaban J connectivity index is 0.000000114. The van der Waals surface area contributed by atoms with E-state index in [1.54, 1.807) is 12.4 Å². The molecule has 0 spiro atoms. The molecule has 12 aromatic heterocycles. The molecule has 0 radical (unpaired) electrons. The van der Waals surface area contributed by atoms with Crippen LogP contribution in [0.15, 0.2) is 516 Å². The Morgan fingerprint density at radius 1 is 0.123 bits per heavy atom. The number of rotatable bonds is 16. The molecular formula is C133H85N13. The third-order valence-electron chi connectivity index (χ3n) is 26.9. The van der Waals surface area contributed by atoms with Gasteiger partial charge in [-0.15, -0.1) is 0 Å². The SMILES string of the molecule is c1ccc(-c2cc(-c3ccc(-c4cccc5c4nc(-c4ccccc4)c4cccc(-c6ccccn6)c45)cc3)nc(-c3ccccc3)n2)cc1.c1ccc(-c2ccc3ccc4ccc(-c5cccc6c5nc(-c5ccccc5)c5cccc(-c7ccccn7)c56)nc4c3n2)cc1.c1ccc(-c2nc3c(-c4ccc(-c5cc(-c6ccccn6)nc(-c6ccccn6)c5)cc4)cccc3c3c(-c4ccccn4)cccc23)cc1. The van der Waals surface area contributed by atoms with Gasteiger partial charge in [-0.05, 0) is 113 Å². The second-order valence-corrected chi connectivity index (χ2v) is 35.8. The summed E-state index contributed by atoms with van der Waals surface area (Å²) in [5.41, 5.74) is 35.1. The summed E-state index contributed by atoms with van der Waals surface area (Å²) < 4.78 is 0. The van der Waals surface area contributed by atoms with Gasteiger partial charge in [0.2, 0.25) is 0 Å². The molecule has 12 heterocycles. The fourth-order valence-corrected chi connectivity index (χ4v) is 20.0. The minimum atomic E-state index is 0.702. The lowest BCUT2D eigenvalue weighted by molar-refractivity contribution is 1.18. The van der Waals surface area contributed by atoms with Crippen LogP contribution in [-0.4, -0.2) is 64.8 Å². The van der Waals surface area contributed by atoms with Gasteiger partial charge >= 0.3 is 0 Å². The van der Waals surface area contributed by atoms with Crippen LogP contribution in [0, 0.1) is 0 Å². The Hall–Kier alpha value is -19.9. The quantitative estimate of drug-likeness (QED) is 0.0839. The normalized spacial score (nSPS) is 11.3. The minimum Gasteiger partial charge on any atom is -0.256 e. The molecule has 0 atom stereocenters. The first-order valence-electron chi connectivity index (χ1n) is 48.7. The lowest BCUT2D eigenvalue weighted by atomic mass is 9.92. The number of hydrogen-bond acceptors (Lipinski definition) is 13. The second-order valence-electron chi connectivity index (χ2n) is 35.8. The molecule has 0 aliphatic rings. The Kier molecular flexibility index (Phi) is 23.4. The highest BCUT2D eigenvalue weighted by Gasteiger charge is 2.25. The maximum Gasteiger partial charge on any atom is 0.160 e. The molecule has 682 valence electrons. The number of aromatic nitrogens is 13. The average molecular weight is 1870 g/mol. The van der Waals surface area contributed by atoms with E-state index in [2.05, 4.69) is 350 Å². The van der Waals surface area contributed by atoms with Crippen molar-refractivity contribution in [3.8, 4) is 180 Å². The van der Waals surface area contributed by atoms with Crippen molar-refractivity contribution in [2.45, 2.75) is 0 Å². The molecule has 13 heteroatoms. The van der Waals surface area contributed by atoms with Crippen LogP contribution >= 0.6 is 0 Å². The Morgan fingerprint density at radius 3 is 0.788 bits per heavy atom. The minimum absolute atomic E-state index is 0.702. The summed E-state index contributed by atoms with van der Waals surface area (Å²) in [5.74, 6) is 0.702. The van der Waals surface area contributed by atoms with E-state index in [9.17, 15) is 0 Å². The summed E-state index contributed by atoms with van der Waals surface area (Å²) in [6.45, 7) is 0. The highest BCUT2D eigenvalue weighted by molar-refractivity contribution is 6.22. The van der Waals surface area contributed by atoms with Crippen LogP contribution < -0.4 is 0 Å². The molecular weight excluding hydrogens is 1780 g/mol. The summed E-state index contributed by atoms with van der Waals surface area (Å²) in [4.78, 5) is 65.0. The van der Waals surface area contributed by atoms with Crippen LogP contribution in [-0.2, 0) is 0 Å². The zero-order valence-electron chi connectivity index (χ0n) is 78.9. The van der Waals surface area contributed by atoms with Crippen molar-refractivity contribution in [1.29, 1.82) is 0 Å². The molecule has 0 N–H and O–H groups in total. The van der Waals surface area contributed by atoms with Gasteiger partial charge in [0, 0.05) is 163 Å². The van der Waals surface area contributed by atoms with Gasteiger partial charge in [-0.2, -0.15) is 0 Å². The number of pyridine rings is 11. The van der Waals surface area contributed by atoms with Gasteiger partial charge in [0.25, 0.3) is 0 Å². The van der Waals surface area contributed by atoms with Crippen LogP contribution in [0.1, 0.15) is 0 Å². The molecule has 0 aliphatic heterocycles. The maximum absolute atomic E-state index is 5.41. The van der Waals surface area contributed by atoms with Gasteiger partial charge in [-0.25, -0.2) is 39.9 Å². The number of hydrogen-bond donors (Lipinski definition) is 0. The van der Waals surface area contributed by atoms with Crippen molar-refractivity contribution in [3.05, 3.63) is 516 Å². The van der Waals surface area contributed by atoms with E-state index in [1.807, 2.05) is 164 Å². The van der Waals surface area contributed by atoms with E-state index in [1.165, 1.54) is 0 Å². The predicted molar refractivity (Wildman–Crippen MR) is 598 cm³/mol. The van der Waals surface area contributed by atoms with Crippen molar-refractivity contribution in [1.82, 2.24) is 64.8 Å². The molecule has 0 amide bonds. The summed E-state index contributed by atoms with van der Waals surface area (Å²) in [6.07, 6.45) is 9.14. The second kappa shape index (κ2) is 39.1. The fraction of sp³-hybridized carbons (Fsp3) is 0. The lowest BCUT2D eigenvalue weighted by Crippen LogP contribution is -1.96. The van der Waals surface area contributed by atoms with Crippen LogP contribution in [0.25, 0.3) is 267 Å². The zero-order valence-corrected chi connectivity index (χ0v) is 78.9. The monoisotopic (exact) mass is 1860 g/mol. The first-order valence-corrected chi connectivity index (χ1v) is 48.7. The van der Waals surface area contributed by atoms with Crippen LogP contribution in [0.4, 0.5) is 0 Å². The predicted octanol–water partition coefficient (Wildman–Crippen LogP) is 33.1. The highest BCUT2D eigenvalue weighted by Crippen LogP contribution is 2.47. The molecule has 146 heavy (non-hydrogen) atoms. The van der Waals surface area contributed by atoms with E-state index < -0.39 is 0 Å². The van der Waals surface area contributed by atoms with Crippen molar-refractivity contribution >= 4 is 86.8 Å². The van der Waals surface area contributed by atoms with Crippen molar-refractivity contribution in [3.63, 3.8) is 0 Å². The molecule has 27 aromatic rings. The third kappa shape index (κ3) is 17.2. The van der Waals surface area contributed by atoms with Crippen molar-refractivity contribution in [2.24, 2.45) is 0 Å². The van der Waals surface area contributed by atoms with Crippen molar-refractivity contribution < 1.29 is 0 Å². The van der Waals surface area contributed by atoms with E-state index in [4.69, 9.17) is 54.8 Å². The molecule has 0 saturated carbocycles. The number of para-hydroxylation sites is 3. The number of benzene rings is 15. The molecule has 0 aliphatic carbocycles. The molecule has 13 nitrogen and oxygen atoms in total. The van der Waals surface area contributed by atoms with Gasteiger partial charge in [0.15, 0.2) is 5.82 Å². The molecule has 27 rings (SSSR count). The molecule has 0 fully saturated rings.